The molecule has 0 unspecified atom stereocenters. The summed E-state index contributed by atoms with van der Waals surface area (Å²) in [5.41, 5.74) is 2.74. The first-order chi connectivity index (χ1) is 7.81. The molecule has 0 aliphatic carbocycles. The predicted molar refractivity (Wildman–Crippen MR) is 69.7 cm³/mol. The van der Waals surface area contributed by atoms with Crippen LogP contribution in [-0.4, -0.2) is 31.1 Å². The molecule has 2 heteroatoms. The van der Waals surface area contributed by atoms with E-state index < -0.39 is 0 Å². The van der Waals surface area contributed by atoms with Crippen LogP contribution in [0.5, 0.6) is 0 Å². The second-order valence-electron chi connectivity index (χ2n) is 4.24. The van der Waals surface area contributed by atoms with E-state index in [4.69, 9.17) is 0 Å². The monoisotopic (exact) mass is 216 g/mol. The van der Waals surface area contributed by atoms with Gasteiger partial charge in [0.15, 0.2) is 0 Å². The van der Waals surface area contributed by atoms with E-state index in [1.54, 1.807) is 0 Å². The number of allylic oxidation sites excluding steroid dienone is 2. The lowest BCUT2D eigenvalue weighted by molar-refractivity contribution is 0.321. The van der Waals surface area contributed by atoms with Crippen LogP contribution in [0.1, 0.15) is 13.8 Å². The summed E-state index contributed by atoms with van der Waals surface area (Å²) in [5.74, 6) is 0. The first kappa shape index (κ1) is 11.1. The van der Waals surface area contributed by atoms with Crippen molar-refractivity contribution in [2.75, 3.05) is 31.1 Å². The quantitative estimate of drug-likeness (QED) is 0.750. The molecule has 2 rings (SSSR count). The molecule has 0 spiro atoms. The molecule has 0 saturated carbocycles. The Morgan fingerprint density at radius 2 is 1.69 bits per heavy atom. The van der Waals surface area contributed by atoms with Gasteiger partial charge in [-0.3, -0.25) is 0 Å². The lowest BCUT2D eigenvalue weighted by atomic mass is 10.2. The number of benzene rings is 1. The van der Waals surface area contributed by atoms with Crippen molar-refractivity contribution in [3.8, 4) is 0 Å². The van der Waals surface area contributed by atoms with Crippen molar-refractivity contribution in [2.45, 2.75) is 13.8 Å². The molecule has 1 aliphatic rings. The van der Waals surface area contributed by atoms with Crippen LogP contribution in [0, 0.1) is 0 Å². The molecule has 1 aromatic carbocycles. The Hall–Kier alpha value is -1.44. The number of para-hydroxylation sites is 1. The predicted octanol–water partition coefficient (Wildman–Crippen LogP) is 2.73. The maximum Gasteiger partial charge on any atom is 0.0367 e. The van der Waals surface area contributed by atoms with Gasteiger partial charge >= 0.3 is 0 Å². The van der Waals surface area contributed by atoms with E-state index in [-0.39, 0.29) is 0 Å². The molecule has 0 aromatic heterocycles. The number of anilines is 1. The Labute approximate surface area is 98.2 Å². The Balaban J connectivity index is 1.96. The summed E-state index contributed by atoms with van der Waals surface area (Å²) in [4.78, 5) is 4.92. The number of hydrogen-bond donors (Lipinski definition) is 0. The van der Waals surface area contributed by atoms with Gasteiger partial charge in [0.1, 0.15) is 0 Å². The number of piperazine rings is 1. The highest BCUT2D eigenvalue weighted by Gasteiger charge is 2.16. The minimum atomic E-state index is 1.12. The van der Waals surface area contributed by atoms with E-state index in [0.717, 1.165) is 26.2 Å². The highest BCUT2D eigenvalue weighted by molar-refractivity contribution is 5.46. The topological polar surface area (TPSA) is 6.48 Å². The fourth-order valence-corrected chi connectivity index (χ4v) is 2.14. The van der Waals surface area contributed by atoms with Gasteiger partial charge in [0, 0.05) is 37.6 Å². The van der Waals surface area contributed by atoms with E-state index >= 15 is 0 Å². The van der Waals surface area contributed by atoms with E-state index in [1.807, 2.05) is 0 Å². The Morgan fingerprint density at radius 1 is 1.06 bits per heavy atom. The number of rotatable bonds is 2. The van der Waals surface area contributed by atoms with Crippen molar-refractivity contribution < 1.29 is 0 Å². The van der Waals surface area contributed by atoms with Gasteiger partial charge in [-0.1, -0.05) is 24.3 Å². The summed E-state index contributed by atoms with van der Waals surface area (Å²) in [5, 5.41) is 0. The first-order valence-corrected chi connectivity index (χ1v) is 5.99. The van der Waals surface area contributed by atoms with E-state index in [9.17, 15) is 0 Å². The van der Waals surface area contributed by atoms with Gasteiger partial charge in [-0.05, 0) is 26.0 Å². The summed E-state index contributed by atoms with van der Waals surface area (Å²) in [6, 6.07) is 10.7. The highest BCUT2D eigenvalue weighted by atomic mass is 15.3. The zero-order valence-corrected chi connectivity index (χ0v) is 10.2. The maximum atomic E-state index is 2.46. The average molecular weight is 216 g/mol. The van der Waals surface area contributed by atoms with Crippen LogP contribution in [-0.2, 0) is 0 Å². The van der Waals surface area contributed by atoms with Gasteiger partial charge in [0.2, 0.25) is 0 Å². The molecule has 0 bridgehead atoms. The van der Waals surface area contributed by atoms with Gasteiger partial charge in [0.05, 0.1) is 0 Å². The maximum absolute atomic E-state index is 2.46. The van der Waals surface area contributed by atoms with E-state index in [0.29, 0.717) is 0 Å². The summed E-state index contributed by atoms with van der Waals surface area (Å²) >= 11 is 0. The Morgan fingerprint density at radius 3 is 2.25 bits per heavy atom. The molecule has 1 heterocycles. The zero-order valence-electron chi connectivity index (χ0n) is 10.2. The molecule has 2 nitrogen and oxygen atoms in total. The fourth-order valence-electron chi connectivity index (χ4n) is 2.14. The van der Waals surface area contributed by atoms with E-state index in [2.05, 4.69) is 60.1 Å². The molecule has 16 heavy (non-hydrogen) atoms. The molecule has 0 radical (unpaired) electrons. The largest absolute Gasteiger partial charge is 0.372 e. The molecule has 0 N–H and O–H groups in total. The number of nitrogens with zero attached hydrogens (tertiary/aromatic N) is 2. The summed E-state index contributed by atoms with van der Waals surface area (Å²) in [6.07, 6.45) is 2.19. The van der Waals surface area contributed by atoms with Crippen LogP contribution >= 0.6 is 0 Å². The SMILES string of the molecule is C/C=C(\C)N1CCN(c2ccccc2)CC1. The summed E-state index contributed by atoms with van der Waals surface area (Å²) in [7, 11) is 0. The summed E-state index contributed by atoms with van der Waals surface area (Å²) < 4.78 is 0. The zero-order chi connectivity index (χ0) is 11.4. The van der Waals surface area contributed by atoms with Crippen molar-refractivity contribution in [3.63, 3.8) is 0 Å². The van der Waals surface area contributed by atoms with Crippen molar-refractivity contribution in [1.82, 2.24) is 4.90 Å². The van der Waals surface area contributed by atoms with Crippen molar-refractivity contribution >= 4 is 5.69 Å². The minimum Gasteiger partial charge on any atom is -0.372 e. The van der Waals surface area contributed by atoms with Crippen molar-refractivity contribution in [2.24, 2.45) is 0 Å². The molecule has 86 valence electrons. The third-order valence-electron chi connectivity index (χ3n) is 3.32. The molecule has 0 amide bonds. The average Bonchev–Trinajstić information content (AvgIpc) is 2.39. The second-order valence-corrected chi connectivity index (χ2v) is 4.24. The first-order valence-electron chi connectivity index (χ1n) is 5.99. The highest BCUT2D eigenvalue weighted by Crippen LogP contribution is 2.17. The van der Waals surface area contributed by atoms with Crippen LogP contribution in [0.4, 0.5) is 5.69 Å². The third-order valence-corrected chi connectivity index (χ3v) is 3.32. The molecular formula is C14H20N2. The Kier molecular flexibility index (Phi) is 3.50. The minimum absolute atomic E-state index is 1.12. The van der Waals surface area contributed by atoms with Crippen LogP contribution in [0.2, 0.25) is 0 Å². The fraction of sp³-hybridized carbons (Fsp3) is 0.429. The van der Waals surface area contributed by atoms with Crippen molar-refractivity contribution in [3.05, 3.63) is 42.1 Å². The van der Waals surface area contributed by atoms with Crippen molar-refractivity contribution in [1.29, 1.82) is 0 Å². The molecule has 1 aromatic rings. The third kappa shape index (κ3) is 2.38. The molecule has 0 atom stereocenters. The van der Waals surface area contributed by atoms with Gasteiger partial charge in [-0.15, -0.1) is 0 Å². The van der Waals surface area contributed by atoms with E-state index in [1.165, 1.54) is 11.4 Å². The van der Waals surface area contributed by atoms with Gasteiger partial charge in [-0.2, -0.15) is 0 Å². The molecular weight excluding hydrogens is 196 g/mol. The lowest BCUT2D eigenvalue weighted by Gasteiger charge is -2.37. The number of hydrogen-bond acceptors (Lipinski definition) is 2. The van der Waals surface area contributed by atoms with Gasteiger partial charge in [0.25, 0.3) is 0 Å². The summed E-state index contributed by atoms with van der Waals surface area (Å²) in [6.45, 7) is 8.80. The van der Waals surface area contributed by atoms with Crippen LogP contribution < -0.4 is 4.90 Å². The smallest absolute Gasteiger partial charge is 0.0367 e. The van der Waals surface area contributed by atoms with Crippen LogP contribution in [0.25, 0.3) is 0 Å². The normalized spacial score (nSPS) is 17.8. The molecule has 1 aliphatic heterocycles. The Bertz CT molecular complexity index is 348. The van der Waals surface area contributed by atoms with Gasteiger partial charge < -0.3 is 9.80 Å². The standard InChI is InChI=1S/C14H20N2/c1-3-13(2)15-9-11-16(12-10-15)14-7-5-4-6-8-14/h3-8H,9-12H2,1-2H3/b13-3+. The molecule has 1 fully saturated rings. The second kappa shape index (κ2) is 5.06. The molecule has 1 saturated heterocycles. The van der Waals surface area contributed by atoms with Crippen LogP contribution in [0.3, 0.4) is 0 Å². The van der Waals surface area contributed by atoms with Crippen LogP contribution in [0.15, 0.2) is 42.1 Å². The van der Waals surface area contributed by atoms with Gasteiger partial charge in [-0.25, -0.2) is 0 Å². The lowest BCUT2D eigenvalue weighted by Crippen LogP contribution is -2.45.